The molecule has 0 aromatic carbocycles. The summed E-state index contributed by atoms with van der Waals surface area (Å²) in [4.78, 5) is 19.5. The quantitative estimate of drug-likeness (QED) is 0.790. The van der Waals surface area contributed by atoms with Gasteiger partial charge < -0.3 is 5.11 Å². The van der Waals surface area contributed by atoms with E-state index in [0.29, 0.717) is 22.8 Å². The number of carbonyl (C=O) groups is 1. The lowest BCUT2D eigenvalue weighted by atomic mass is 10.2. The van der Waals surface area contributed by atoms with Gasteiger partial charge in [0, 0.05) is 18.5 Å². The summed E-state index contributed by atoms with van der Waals surface area (Å²) >= 11 is 0. The normalized spacial score (nSPS) is 10.1. The Bertz CT molecular complexity index is 863. The van der Waals surface area contributed by atoms with Gasteiger partial charge in [-0.05, 0) is 24.3 Å². The van der Waals surface area contributed by atoms with Gasteiger partial charge in [0.15, 0.2) is 11.5 Å². The number of hydrogen-bond acceptors (Lipinski definition) is 5. The van der Waals surface area contributed by atoms with Crippen molar-refractivity contribution in [2.24, 2.45) is 0 Å². The van der Waals surface area contributed by atoms with Crippen LogP contribution >= 0.6 is 0 Å². The summed E-state index contributed by atoms with van der Waals surface area (Å²) in [5.74, 6) is -0.652. The van der Waals surface area contributed by atoms with Crippen LogP contribution in [-0.2, 0) is 0 Å². The number of aromatic carboxylic acids is 1. The van der Waals surface area contributed by atoms with E-state index in [4.69, 9.17) is 10.4 Å². The summed E-state index contributed by atoms with van der Waals surface area (Å²) in [6.07, 6.45) is 3.01. The lowest BCUT2D eigenvalue weighted by Gasteiger charge is -2.05. The first-order valence-electron chi connectivity index (χ1n) is 6.30. The van der Waals surface area contributed by atoms with Crippen molar-refractivity contribution in [3.63, 3.8) is 0 Å². The Morgan fingerprint density at radius 2 is 2.09 bits per heavy atom. The first kappa shape index (κ1) is 13.5. The second-order valence-corrected chi connectivity index (χ2v) is 4.36. The highest BCUT2D eigenvalue weighted by atomic mass is 16.4. The highest BCUT2D eigenvalue weighted by molar-refractivity contribution is 5.87. The van der Waals surface area contributed by atoms with Crippen molar-refractivity contribution in [2.45, 2.75) is 0 Å². The van der Waals surface area contributed by atoms with E-state index in [-0.39, 0.29) is 5.69 Å². The second-order valence-electron chi connectivity index (χ2n) is 4.36. The predicted molar refractivity (Wildman–Crippen MR) is 76.3 cm³/mol. The van der Waals surface area contributed by atoms with Crippen LogP contribution < -0.4 is 0 Å². The van der Waals surface area contributed by atoms with Gasteiger partial charge in [-0.25, -0.2) is 14.5 Å². The van der Waals surface area contributed by atoms with Crippen LogP contribution in [0.5, 0.6) is 0 Å². The first-order chi connectivity index (χ1) is 10.7. The number of rotatable bonds is 3. The lowest BCUT2D eigenvalue weighted by molar-refractivity contribution is 0.0690. The molecular formula is C15H9N5O2. The molecule has 106 valence electrons. The summed E-state index contributed by atoms with van der Waals surface area (Å²) in [7, 11) is 0. The molecule has 0 bridgehead atoms. The molecule has 3 aromatic rings. The van der Waals surface area contributed by atoms with Gasteiger partial charge in [0.25, 0.3) is 0 Å². The van der Waals surface area contributed by atoms with Gasteiger partial charge >= 0.3 is 5.97 Å². The standard InChI is InChI=1S/C15H9N5O2/c16-8-10-4-5-11(18-9-10)13-7-12(15(21)22)19-20(13)14-3-1-2-6-17-14/h1-7,9H,(H,21,22). The molecule has 0 atom stereocenters. The minimum Gasteiger partial charge on any atom is -0.476 e. The second kappa shape index (κ2) is 5.46. The van der Waals surface area contributed by atoms with E-state index >= 15 is 0 Å². The van der Waals surface area contributed by atoms with E-state index in [0.717, 1.165) is 0 Å². The van der Waals surface area contributed by atoms with E-state index < -0.39 is 5.97 Å². The molecule has 0 aliphatic rings. The van der Waals surface area contributed by atoms with Gasteiger partial charge in [0.1, 0.15) is 6.07 Å². The van der Waals surface area contributed by atoms with Gasteiger partial charge in [0.2, 0.25) is 0 Å². The number of nitrogens with zero attached hydrogens (tertiary/aromatic N) is 5. The lowest BCUT2D eigenvalue weighted by Crippen LogP contribution is -2.04. The Labute approximate surface area is 125 Å². The molecule has 22 heavy (non-hydrogen) atoms. The van der Waals surface area contributed by atoms with Crippen LogP contribution in [0.1, 0.15) is 16.1 Å². The average molecular weight is 291 g/mol. The fourth-order valence-corrected chi connectivity index (χ4v) is 1.93. The smallest absolute Gasteiger partial charge is 0.356 e. The molecule has 0 radical (unpaired) electrons. The fourth-order valence-electron chi connectivity index (χ4n) is 1.93. The molecule has 3 heterocycles. The third-order valence-electron chi connectivity index (χ3n) is 2.95. The van der Waals surface area contributed by atoms with E-state index in [1.54, 1.807) is 36.5 Å². The molecule has 0 amide bonds. The maximum atomic E-state index is 11.2. The Balaban J connectivity index is 2.17. The Kier molecular flexibility index (Phi) is 3.34. The minimum atomic E-state index is -1.13. The van der Waals surface area contributed by atoms with Crippen LogP contribution in [0.15, 0.2) is 48.8 Å². The molecule has 0 fully saturated rings. The van der Waals surface area contributed by atoms with Crippen molar-refractivity contribution in [1.82, 2.24) is 19.7 Å². The Morgan fingerprint density at radius 1 is 1.23 bits per heavy atom. The van der Waals surface area contributed by atoms with Crippen LogP contribution in [-0.4, -0.2) is 30.8 Å². The highest BCUT2D eigenvalue weighted by Crippen LogP contribution is 2.21. The zero-order chi connectivity index (χ0) is 15.5. The molecule has 3 aromatic heterocycles. The number of carboxylic acid groups (broad SMARTS) is 1. The summed E-state index contributed by atoms with van der Waals surface area (Å²) in [6.45, 7) is 0. The van der Waals surface area contributed by atoms with Crippen molar-refractivity contribution in [3.05, 3.63) is 60.0 Å². The largest absolute Gasteiger partial charge is 0.476 e. The average Bonchev–Trinajstić information content (AvgIpc) is 3.01. The molecule has 0 spiro atoms. The molecule has 0 unspecified atom stereocenters. The van der Waals surface area contributed by atoms with Gasteiger partial charge in [-0.15, -0.1) is 0 Å². The summed E-state index contributed by atoms with van der Waals surface area (Å²) in [5, 5.41) is 22.0. The number of nitriles is 1. The maximum absolute atomic E-state index is 11.2. The first-order valence-corrected chi connectivity index (χ1v) is 6.30. The highest BCUT2D eigenvalue weighted by Gasteiger charge is 2.17. The Morgan fingerprint density at radius 3 is 2.68 bits per heavy atom. The van der Waals surface area contributed by atoms with E-state index in [9.17, 15) is 4.79 Å². The van der Waals surface area contributed by atoms with Crippen molar-refractivity contribution >= 4 is 5.97 Å². The number of hydrogen-bond donors (Lipinski definition) is 1. The molecular weight excluding hydrogens is 282 g/mol. The third-order valence-corrected chi connectivity index (χ3v) is 2.95. The fraction of sp³-hybridized carbons (Fsp3) is 0. The molecule has 7 nitrogen and oxygen atoms in total. The van der Waals surface area contributed by atoms with Gasteiger partial charge in [-0.1, -0.05) is 6.07 Å². The summed E-state index contributed by atoms with van der Waals surface area (Å²) < 4.78 is 1.41. The minimum absolute atomic E-state index is 0.105. The zero-order valence-corrected chi connectivity index (χ0v) is 11.2. The van der Waals surface area contributed by atoms with Crippen LogP contribution in [0.25, 0.3) is 17.2 Å². The molecule has 0 saturated heterocycles. The molecule has 0 aliphatic carbocycles. The Hall–Kier alpha value is -3.53. The van der Waals surface area contributed by atoms with E-state index in [1.807, 2.05) is 6.07 Å². The topological polar surface area (TPSA) is 105 Å². The van der Waals surface area contributed by atoms with Crippen LogP contribution in [0.3, 0.4) is 0 Å². The van der Waals surface area contributed by atoms with Crippen molar-refractivity contribution < 1.29 is 9.90 Å². The van der Waals surface area contributed by atoms with E-state index in [2.05, 4.69) is 15.1 Å². The van der Waals surface area contributed by atoms with Crippen molar-refractivity contribution in [3.8, 4) is 23.3 Å². The number of pyridine rings is 2. The third kappa shape index (κ3) is 2.41. The maximum Gasteiger partial charge on any atom is 0.356 e. The molecule has 3 rings (SSSR count). The number of carboxylic acids is 1. The van der Waals surface area contributed by atoms with Crippen molar-refractivity contribution in [2.75, 3.05) is 0 Å². The van der Waals surface area contributed by atoms with E-state index in [1.165, 1.54) is 16.9 Å². The molecule has 1 N–H and O–H groups in total. The SMILES string of the molecule is N#Cc1ccc(-c2cc(C(=O)O)nn2-c2ccccn2)nc1. The molecule has 0 saturated carbocycles. The van der Waals surface area contributed by atoms with Crippen LogP contribution in [0.2, 0.25) is 0 Å². The predicted octanol–water partition coefficient (Wildman–Crippen LogP) is 1.90. The van der Waals surface area contributed by atoms with Crippen LogP contribution in [0, 0.1) is 11.3 Å². The van der Waals surface area contributed by atoms with Crippen LogP contribution in [0.4, 0.5) is 0 Å². The molecule has 7 heteroatoms. The monoisotopic (exact) mass is 291 g/mol. The van der Waals surface area contributed by atoms with Gasteiger partial charge in [-0.2, -0.15) is 10.4 Å². The van der Waals surface area contributed by atoms with Gasteiger partial charge in [-0.3, -0.25) is 4.98 Å². The summed E-state index contributed by atoms with van der Waals surface area (Å²) in [6, 6.07) is 11.9. The number of aromatic nitrogens is 4. The molecule has 0 aliphatic heterocycles. The van der Waals surface area contributed by atoms with Crippen molar-refractivity contribution in [1.29, 1.82) is 5.26 Å². The van der Waals surface area contributed by atoms with Gasteiger partial charge in [0.05, 0.1) is 17.0 Å². The zero-order valence-electron chi connectivity index (χ0n) is 11.2. The summed E-state index contributed by atoms with van der Waals surface area (Å²) in [5.41, 5.74) is 1.31.